The lowest BCUT2D eigenvalue weighted by atomic mass is 9.91. The van der Waals surface area contributed by atoms with Gasteiger partial charge in [0.15, 0.2) is 0 Å². The van der Waals surface area contributed by atoms with Crippen LogP contribution >= 0.6 is 0 Å². The van der Waals surface area contributed by atoms with Crippen molar-refractivity contribution in [2.24, 2.45) is 17.1 Å². The Kier molecular flexibility index (Phi) is 5.03. The van der Waals surface area contributed by atoms with E-state index in [2.05, 4.69) is 16.0 Å². The fraction of sp³-hybridized carbons (Fsp3) is 0.500. The number of benzene rings is 1. The summed E-state index contributed by atoms with van der Waals surface area (Å²) in [6.07, 6.45) is 3.06. The molecule has 2 fully saturated rings. The number of carbonyl (C=O) groups excluding carboxylic acids is 3. The van der Waals surface area contributed by atoms with Crippen LogP contribution in [-0.2, 0) is 9.59 Å². The average molecular weight is 344 g/mol. The molecule has 0 aromatic heterocycles. The van der Waals surface area contributed by atoms with Crippen molar-refractivity contribution in [2.75, 3.05) is 25.0 Å². The Hall–Kier alpha value is -2.41. The first kappa shape index (κ1) is 17.4. The van der Waals surface area contributed by atoms with Gasteiger partial charge in [-0.15, -0.1) is 0 Å². The SMILES string of the molecule is NC(=O)CCNC(=O)c1ccccc1NC(=O)C1CC12CCNCC2. The minimum absolute atomic E-state index is 0.0146. The lowest BCUT2D eigenvalue weighted by molar-refractivity contribution is -0.118. The molecule has 3 rings (SSSR count). The van der Waals surface area contributed by atoms with Crippen LogP contribution in [0.5, 0.6) is 0 Å². The minimum atomic E-state index is -0.470. The fourth-order valence-electron chi connectivity index (χ4n) is 3.60. The Bertz CT molecular complexity index is 683. The first-order chi connectivity index (χ1) is 12.0. The molecule has 7 heteroatoms. The topological polar surface area (TPSA) is 113 Å². The van der Waals surface area contributed by atoms with E-state index in [1.165, 1.54) is 0 Å². The standard InChI is InChI=1S/C18H24N4O3/c19-15(23)5-8-21-16(24)12-3-1-2-4-14(12)22-17(25)13-11-18(13)6-9-20-10-7-18/h1-4,13,20H,5-11H2,(H2,19,23)(H,21,24)(H,22,25). The first-order valence-electron chi connectivity index (χ1n) is 8.69. The molecule has 3 amide bonds. The molecule has 1 spiro atoms. The number of hydrogen-bond acceptors (Lipinski definition) is 4. The summed E-state index contributed by atoms with van der Waals surface area (Å²) in [4.78, 5) is 35.7. The molecule has 5 N–H and O–H groups in total. The van der Waals surface area contributed by atoms with Crippen molar-refractivity contribution in [3.8, 4) is 0 Å². The van der Waals surface area contributed by atoms with E-state index >= 15 is 0 Å². The highest BCUT2D eigenvalue weighted by molar-refractivity contribution is 6.04. The van der Waals surface area contributed by atoms with E-state index in [4.69, 9.17) is 5.73 Å². The lowest BCUT2D eigenvalue weighted by Gasteiger charge is -2.23. The third-order valence-electron chi connectivity index (χ3n) is 5.19. The van der Waals surface area contributed by atoms with Crippen molar-refractivity contribution < 1.29 is 14.4 Å². The highest BCUT2D eigenvalue weighted by Gasteiger charge is 2.57. The van der Waals surface area contributed by atoms with Crippen LogP contribution in [0.2, 0.25) is 0 Å². The van der Waals surface area contributed by atoms with E-state index in [-0.39, 0.29) is 36.1 Å². The maximum Gasteiger partial charge on any atom is 0.253 e. The Labute approximate surface area is 146 Å². The van der Waals surface area contributed by atoms with Crippen molar-refractivity contribution >= 4 is 23.4 Å². The smallest absolute Gasteiger partial charge is 0.253 e. The predicted molar refractivity (Wildman–Crippen MR) is 93.9 cm³/mol. The zero-order valence-corrected chi connectivity index (χ0v) is 14.1. The molecule has 1 aliphatic carbocycles. The number of anilines is 1. The van der Waals surface area contributed by atoms with Gasteiger partial charge in [0.2, 0.25) is 11.8 Å². The Morgan fingerprint density at radius 2 is 1.92 bits per heavy atom. The summed E-state index contributed by atoms with van der Waals surface area (Å²) in [5, 5.41) is 8.88. The number of para-hydroxylation sites is 1. The lowest BCUT2D eigenvalue weighted by Crippen LogP contribution is -2.32. The van der Waals surface area contributed by atoms with Gasteiger partial charge in [-0.1, -0.05) is 12.1 Å². The van der Waals surface area contributed by atoms with Gasteiger partial charge in [0.05, 0.1) is 11.3 Å². The zero-order valence-electron chi connectivity index (χ0n) is 14.1. The number of piperidine rings is 1. The Balaban J connectivity index is 1.62. The molecular formula is C18H24N4O3. The van der Waals surface area contributed by atoms with Crippen molar-refractivity contribution in [1.29, 1.82) is 0 Å². The molecule has 1 saturated carbocycles. The number of rotatable bonds is 6. The first-order valence-corrected chi connectivity index (χ1v) is 8.69. The molecule has 0 radical (unpaired) electrons. The number of carbonyl (C=O) groups is 3. The van der Waals surface area contributed by atoms with Gasteiger partial charge in [-0.3, -0.25) is 14.4 Å². The highest BCUT2D eigenvalue weighted by Crippen LogP contribution is 2.58. The Morgan fingerprint density at radius 1 is 1.20 bits per heavy atom. The van der Waals surface area contributed by atoms with Crippen LogP contribution in [0.3, 0.4) is 0 Å². The van der Waals surface area contributed by atoms with Crippen LogP contribution in [0.1, 0.15) is 36.0 Å². The van der Waals surface area contributed by atoms with E-state index < -0.39 is 5.91 Å². The number of nitrogens with one attached hydrogen (secondary N) is 3. The van der Waals surface area contributed by atoms with Crippen molar-refractivity contribution in [3.05, 3.63) is 29.8 Å². The molecule has 134 valence electrons. The predicted octanol–water partition coefficient (Wildman–Crippen LogP) is 0.620. The summed E-state index contributed by atoms with van der Waals surface area (Å²) in [6, 6.07) is 6.90. The second-order valence-electron chi connectivity index (χ2n) is 6.88. The number of nitrogens with two attached hydrogens (primary N) is 1. The van der Waals surface area contributed by atoms with Gasteiger partial charge in [0.1, 0.15) is 0 Å². The molecule has 1 aliphatic heterocycles. The van der Waals surface area contributed by atoms with E-state index in [0.717, 1.165) is 32.4 Å². The zero-order chi connectivity index (χ0) is 17.9. The van der Waals surface area contributed by atoms with E-state index in [0.29, 0.717) is 11.3 Å². The van der Waals surface area contributed by atoms with Crippen molar-refractivity contribution in [2.45, 2.75) is 25.7 Å². The highest BCUT2D eigenvalue weighted by atomic mass is 16.2. The van der Waals surface area contributed by atoms with Crippen molar-refractivity contribution in [3.63, 3.8) is 0 Å². The van der Waals surface area contributed by atoms with Gasteiger partial charge in [-0.05, 0) is 49.9 Å². The molecule has 2 aliphatic rings. The third kappa shape index (κ3) is 3.99. The van der Waals surface area contributed by atoms with Gasteiger partial charge >= 0.3 is 0 Å². The average Bonchev–Trinajstić information content (AvgIpc) is 3.28. The maximum absolute atomic E-state index is 12.6. The van der Waals surface area contributed by atoms with Crippen LogP contribution < -0.4 is 21.7 Å². The summed E-state index contributed by atoms with van der Waals surface area (Å²) < 4.78 is 0. The molecule has 25 heavy (non-hydrogen) atoms. The fourth-order valence-corrected chi connectivity index (χ4v) is 3.60. The van der Waals surface area contributed by atoms with Gasteiger partial charge in [-0.2, -0.15) is 0 Å². The molecule has 1 atom stereocenters. The molecule has 1 heterocycles. The normalized spacial score (nSPS) is 20.7. The molecule has 1 saturated heterocycles. The van der Waals surface area contributed by atoms with E-state index in [1.54, 1.807) is 24.3 Å². The van der Waals surface area contributed by atoms with Gasteiger partial charge in [0.25, 0.3) is 5.91 Å². The summed E-state index contributed by atoms with van der Waals surface area (Å²) >= 11 is 0. The molecule has 0 bridgehead atoms. The maximum atomic E-state index is 12.6. The number of hydrogen-bond donors (Lipinski definition) is 4. The van der Waals surface area contributed by atoms with Crippen molar-refractivity contribution in [1.82, 2.24) is 10.6 Å². The van der Waals surface area contributed by atoms with Crippen LogP contribution in [0, 0.1) is 11.3 Å². The third-order valence-corrected chi connectivity index (χ3v) is 5.19. The van der Waals surface area contributed by atoms with Gasteiger partial charge in [0, 0.05) is 18.9 Å². The molecule has 1 aromatic carbocycles. The summed E-state index contributed by atoms with van der Waals surface area (Å²) in [7, 11) is 0. The molecule has 7 nitrogen and oxygen atoms in total. The van der Waals surface area contributed by atoms with E-state index in [1.807, 2.05) is 0 Å². The largest absolute Gasteiger partial charge is 0.370 e. The molecular weight excluding hydrogens is 320 g/mol. The van der Waals surface area contributed by atoms with E-state index in [9.17, 15) is 14.4 Å². The second kappa shape index (κ2) is 7.23. The van der Waals surface area contributed by atoms with Crippen LogP contribution in [0.4, 0.5) is 5.69 Å². The van der Waals surface area contributed by atoms with Crippen LogP contribution in [-0.4, -0.2) is 37.4 Å². The number of primary amides is 1. The number of amides is 3. The monoisotopic (exact) mass is 344 g/mol. The Morgan fingerprint density at radius 3 is 2.64 bits per heavy atom. The van der Waals surface area contributed by atoms with Crippen LogP contribution in [0.15, 0.2) is 24.3 Å². The van der Waals surface area contributed by atoms with Gasteiger partial charge in [-0.25, -0.2) is 0 Å². The summed E-state index contributed by atoms with van der Waals surface area (Å²) in [5.74, 6) is -0.785. The van der Waals surface area contributed by atoms with Gasteiger partial charge < -0.3 is 21.7 Å². The quantitative estimate of drug-likeness (QED) is 0.606. The minimum Gasteiger partial charge on any atom is -0.370 e. The summed E-state index contributed by atoms with van der Waals surface area (Å²) in [5.41, 5.74) is 6.11. The van der Waals surface area contributed by atoms with Crippen LogP contribution in [0.25, 0.3) is 0 Å². The second-order valence-corrected chi connectivity index (χ2v) is 6.88. The summed E-state index contributed by atoms with van der Waals surface area (Å²) in [6.45, 7) is 2.10. The molecule has 1 unspecified atom stereocenters. The molecule has 1 aromatic rings.